The molecule has 0 aromatic heterocycles. The number of likely N-dealkylation sites (tertiary alicyclic amines) is 1. The Bertz CT molecular complexity index is 430. The number of benzene rings is 1. The van der Waals surface area contributed by atoms with Gasteiger partial charge in [-0.25, -0.2) is 0 Å². The van der Waals surface area contributed by atoms with Crippen molar-refractivity contribution in [3.8, 4) is 0 Å². The third-order valence-electron chi connectivity index (χ3n) is 4.43. The minimum atomic E-state index is 0.174. The van der Waals surface area contributed by atoms with Crippen LogP contribution in [0.25, 0.3) is 0 Å². The van der Waals surface area contributed by atoms with Crippen LogP contribution < -0.4 is 0 Å². The zero-order valence-electron chi connectivity index (χ0n) is 12.3. The summed E-state index contributed by atoms with van der Waals surface area (Å²) < 4.78 is 0. The van der Waals surface area contributed by atoms with Crippen LogP contribution in [0.5, 0.6) is 0 Å². The van der Waals surface area contributed by atoms with E-state index < -0.39 is 0 Å². The van der Waals surface area contributed by atoms with Crippen molar-refractivity contribution in [3.05, 3.63) is 35.9 Å². The van der Waals surface area contributed by atoms with E-state index >= 15 is 0 Å². The molecule has 2 rings (SSSR count). The van der Waals surface area contributed by atoms with E-state index in [2.05, 4.69) is 45.0 Å². The fraction of sp³-hybridized carbons (Fsp3) is 0.562. The zero-order chi connectivity index (χ0) is 14.0. The summed E-state index contributed by atoms with van der Waals surface area (Å²) in [5.41, 5.74) is 1.22. The first-order valence-corrected chi connectivity index (χ1v) is 7.01. The van der Waals surface area contributed by atoms with Crippen LogP contribution in [0.15, 0.2) is 30.3 Å². The van der Waals surface area contributed by atoms with E-state index in [0.717, 1.165) is 6.54 Å². The van der Waals surface area contributed by atoms with Gasteiger partial charge in [-0.1, -0.05) is 30.3 Å². The van der Waals surface area contributed by atoms with Gasteiger partial charge in [0.25, 0.3) is 0 Å². The number of carbonyl (C=O) groups is 1. The smallest absolute Gasteiger partial charge is 0.223 e. The SMILES string of the molecule is C[C@H](c1ccccc1)N1C[C@H]([C@H](C)N(C)C)CC1=O. The Hall–Kier alpha value is -1.35. The number of hydrogen-bond donors (Lipinski definition) is 0. The van der Waals surface area contributed by atoms with Crippen LogP contribution in [-0.2, 0) is 4.79 Å². The molecule has 1 fully saturated rings. The summed E-state index contributed by atoms with van der Waals surface area (Å²) >= 11 is 0. The highest BCUT2D eigenvalue weighted by atomic mass is 16.2. The molecule has 1 heterocycles. The molecule has 0 unspecified atom stereocenters. The molecule has 0 saturated carbocycles. The second kappa shape index (κ2) is 5.74. The number of carbonyl (C=O) groups excluding carboxylic acids is 1. The van der Waals surface area contributed by atoms with Gasteiger partial charge in [0.15, 0.2) is 0 Å². The van der Waals surface area contributed by atoms with Crippen molar-refractivity contribution in [3.63, 3.8) is 0 Å². The van der Waals surface area contributed by atoms with Gasteiger partial charge in [0, 0.05) is 24.9 Å². The second-order valence-electron chi connectivity index (χ2n) is 5.80. The molecule has 1 amide bonds. The normalized spacial score (nSPS) is 22.9. The van der Waals surface area contributed by atoms with Gasteiger partial charge in [0.1, 0.15) is 0 Å². The summed E-state index contributed by atoms with van der Waals surface area (Å²) in [4.78, 5) is 16.5. The quantitative estimate of drug-likeness (QED) is 0.830. The molecule has 1 saturated heterocycles. The Morgan fingerprint density at radius 1 is 1.21 bits per heavy atom. The highest BCUT2D eigenvalue weighted by Gasteiger charge is 2.36. The lowest BCUT2D eigenvalue weighted by atomic mass is 9.99. The van der Waals surface area contributed by atoms with Crippen molar-refractivity contribution in [2.45, 2.75) is 32.4 Å². The average Bonchev–Trinajstić information content (AvgIpc) is 2.80. The van der Waals surface area contributed by atoms with Gasteiger partial charge in [0.2, 0.25) is 5.91 Å². The van der Waals surface area contributed by atoms with E-state index in [9.17, 15) is 4.79 Å². The predicted octanol–water partition coefficient (Wildman–Crippen LogP) is 2.55. The number of rotatable bonds is 4. The first kappa shape index (κ1) is 14.1. The molecule has 1 aliphatic heterocycles. The highest BCUT2D eigenvalue weighted by Crippen LogP contribution is 2.30. The predicted molar refractivity (Wildman–Crippen MR) is 77.8 cm³/mol. The maximum Gasteiger partial charge on any atom is 0.223 e. The molecule has 0 spiro atoms. The van der Waals surface area contributed by atoms with Crippen LogP contribution in [0.1, 0.15) is 31.9 Å². The first-order valence-electron chi connectivity index (χ1n) is 7.01. The molecule has 0 aliphatic carbocycles. The molecule has 1 aromatic carbocycles. The monoisotopic (exact) mass is 260 g/mol. The zero-order valence-corrected chi connectivity index (χ0v) is 12.3. The number of hydrogen-bond acceptors (Lipinski definition) is 2. The van der Waals surface area contributed by atoms with E-state index in [1.807, 2.05) is 23.1 Å². The molecule has 1 aliphatic rings. The summed E-state index contributed by atoms with van der Waals surface area (Å²) in [6.45, 7) is 5.19. The molecule has 19 heavy (non-hydrogen) atoms. The Morgan fingerprint density at radius 3 is 2.42 bits per heavy atom. The summed E-state index contributed by atoms with van der Waals surface area (Å²) in [6, 6.07) is 10.9. The van der Waals surface area contributed by atoms with Gasteiger partial charge >= 0.3 is 0 Å². The third-order valence-corrected chi connectivity index (χ3v) is 4.43. The van der Waals surface area contributed by atoms with Crippen LogP contribution in [0.2, 0.25) is 0 Å². The minimum absolute atomic E-state index is 0.174. The molecule has 0 bridgehead atoms. The van der Waals surface area contributed by atoms with E-state index in [1.165, 1.54) is 5.56 Å². The molecular formula is C16H24N2O. The summed E-state index contributed by atoms with van der Waals surface area (Å²) in [5, 5.41) is 0. The lowest BCUT2D eigenvalue weighted by molar-refractivity contribution is -0.129. The number of nitrogens with zero attached hydrogens (tertiary/aromatic N) is 2. The van der Waals surface area contributed by atoms with Crippen LogP contribution in [0, 0.1) is 5.92 Å². The third kappa shape index (κ3) is 2.98. The second-order valence-corrected chi connectivity index (χ2v) is 5.80. The van der Waals surface area contributed by atoms with Gasteiger partial charge in [-0.2, -0.15) is 0 Å². The van der Waals surface area contributed by atoms with Gasteiger partial charge in [-0.05, 0) is 33.5 Å². The van der Waals surface area contributed by atoms with Gasteiger partial charge in [0.05, 0.1) is 6.04 Å². The van der Waals surface area contributed by atoms with Crippen molar-refractivity contribution in [1.29, 1.82) is 0 Å². The maximum atomic E-state index is 12.2. The summed E-state index contributed by atoms with van der Waals surface area (Å²) in [7, 11) is 4.16. The topological polar surface area (TPSA) is 23.6 Å². The molecule has 1 aromatic rings. The fourth-order valence-electron chi connectivity index (χ4n) is 2.79. The van der Waals surface area contributed by atoms with E-state index in [1.54, 1.807) is 0 Å². The summed E-state index contributed by atoms with van der Waals surface area (Å²) in [5.74, 6) is 0.726. The van der Waals surface area contributed by atoms with Gasteiger partial charge in [-0.3, -0.25) is 4.79 Å². The first-order chi connectivity index (χ1) is 9.00. The van der Waals surface area contributed by atoms with Crippen LogP contribution in [-0.4, -0.2) is 42.4 Å². The lowest BCUT2D eigenvalue weighted by Crippen LogP contribution is -2.35. The molecule has 3 heteroatoms. The van der Waals surface area contributed by atoms with E-state index in [-0.39, 0.29) is 11.9 Å². The Balaban J connectivity index is 2.08. The Morgan fingerprint density at radius 2 is 1.84 bits per heavy atom. The van der Waals surface area contributed by atoms with Crippen molar-refractivity contribution in [2.75, 3.05) is 20.6 Å². The highest BCUT2D eigenvalue weighted by molar-refractivity contribution is 5.79. The van der Waals surface area contributed by atoms with Crippen molar-refractivity contribution >= 4 is 5.91 Å². The lowest BCUT2D eigenvalue weighted by Gasteiger charge is -2.28. The van der Waals surface area contributed by atoms with Crippen LogP contribution >= 0.6 is 0 Å². The van der Waals surface area contributed by atoms with Crippen LogP contribution in [0.4, 0.5) is 0 Å². The standard InChI is InChI=1S/C16H24N2O/c1-12(17(3)4)15-10-16(19)18(11-15)13(2)14-8-6-5-7-9-14/h5-9,12-13,15H,10-11H2,1-4H3/t12-,13+,15+/m0/s1. The van der Waals surface area contributed by atoms with Crippen molar-refractivity contribution in [1.82, 2.24) is 9.80 Å². The molecule has 3 atom stereocenters. The number of amides is 1. The Kier molecular flexibility index (Phi) is 4.25. The van der Waals surface area contributed by atoms with Crippen LogP contribution in [0.3, 0.4) is 0 Å². The minimum Gasteiger partial charge on any atom is -0.336 e. The average molecular weight is 260 g/mol. The molecule has 3 nitrogen and oxygen atoms in total. The largest absolute Gasteiger partial charge is 0.336 e. The Labute approximate surface area is 116 Å². The summed E-state index contributed by atoms with van der Waals surface area (Å²) in [6.07, 6.45) is 0.677. The molecule has 104 valence electrons. The fourth-order valence-corrected chi connectivity index (χ4v) is 2.79. The van der Waals surface area contributed by atoms with Crippen molar-refractivity contribution < 1.29 is 4.79 Å². The molecular weight excluding hydrogens is 236 g/mol. The van der Waals surface area contributed by atoms with Crippen molar-refractivity contribution in [2.24, 2.45) is 5.92 Å². The maximum absolute atomic E-state index is 12.2. The van der Waals surface area contributed by atoms with E-state index in [4.69, 9.17) is 0 Å². The van der Waals surface area contributed by atoms with E-state index in [0.29, 0.717) is 18.4 Å². The molecule has 0 N–H and O–H groups in total. The van der Waals surface area contributed by atoms with Gasteiger partial charge < -0.3 is 9.80 Å². The van der Waals surface area contributed by atoms with Gasteiger partial charge in [-0.15, -0.1) is 0 Å². The molecule has 0 radical (unpaired) electrons.